The Morgan fingerprint density at radius 3 is 2.46 bits per heavy atom. The van der Waals surface area contributed by atoms with Gasteiger partial charge in [-0.05, 0) is 62.4 Å². The van der Waals surface area contributed by atoms with E-state index in [2.05, 4.69) is 29.3 Å². The highest BCUT2D eigenvalue weighted by molar-refractivity contribution is 5.84. The number of benzene rings is 2. The van der Waals surface area contributed by atoms with Crippen LogP contribution in [-0.2, 0) is 15.7 Å². The first-order valence-electron chi connectivity index (χ1n) is 13.7. The van der Waals surface area contributed by atoms with Crippen LogP contribution >= 0.6 is 0 Å². The van der Waals surface area contributed by atoms with Gasteiger partial charge in [-0.2, -0.15) is 13.2 Å². The number of alkyl halides is 3. The summed E-state index contributed by atoms with van der Waals surface area (Å²) < 4.78 is 45.8. The van der Waals surface area contributed by atoms with Crippen LogP contribution in [0.3, 0.4) is 0 Å². The van der Waals surface area contributed by atoms with Gasteiger partial charge in [-0.25, -0.2) is 4.98 Å². The highest BCUT2D eigenvalue weighted by Gasteiger charge is 2.38. The molecule has 1 aliphatic heterocycles. The first kappa shape index (κ1) is 28.6. The van der Waals surface area contributed by atoms with Crippen LogP contribution in [0.5, 0.6) is 0 Å². The van der Waals surface area contributed by atoms with Gasteiger partial charge in [0.1, 0.15) is 18.0 Å². The molecular weight excluding hydrogens is 539 g/mol. The van der Waals surface area contributed by atoms with E-state index in [4.69, 9.17) is 9.72 Å². The third-order valence-corrected chi connectivity index (χ3v) is 7.85. The van der Waals surface area contributed by atoms with Gasteiger partial charge in [0.2, 0.25) is 5.91 Å². The average molecular weight is 572 g/mol. The predicted octanol–water partition coefficient (Wildman–Crippen LogP) is 5.56. The number of halogens is 3. The third-order valence-electron chi connectivity index (χ3n) is 7.85. The lowest BCUT2D eigenvalue weighted by atomic mass is 9.92. The standard InChI is InChI=1S/C29H32F3N5O4/c1-19-16-27(34-25-5-3-2-4-23(19)25)35-12-14-36(15-13-35)28(38)18-41-22-9-6-20(7-10-22)33-21-8-11-26(37(39)40)24(17-21)29(30,31)32/h2-5,8,11,16-17,20,22,33H,6-7,9-10,12-15,18H2,1H3/t20-,22-. The van der Waals surface area contributed by atoms with Crippen LogP contribution < -0.4 is 10.2 Å². The normalized spacial score (nSPS) is 19.8. The number of carbonyl (C=O) groups excluding carboxylic acids is 1. The summed E-state index contributed by atoms with van der Waals surface area (Å²) in [5.41, 5.74) is 0.0780. The molecule has 2 aromatic carbocycles. The lowest BCUT2D eigenvalue weighted by molar-refractivity contribution is -0.388. The zero-order chi connectivity index (χ0) is 29.1. The summed E-state index contributed by atoms with van der Waals surface area (Å²) in [5, 5.41) is 15.2. The van der Waals surface area contributed by atoms with Gasteiger partial charge in [0.15, 0.2) is 0 Å². The Morgan fingerprint density at radius 2 is 1.78 bits per heavy atom. The highest BCUT2D eigenvalue weighted by atomic mass is 19.4. The second kappa shape index (κ2) is 11.9. The molecule has 12 heteroatoms. The predicted molar refractivity (Wildman–Crippen MR) is 149 cm³/mol. The average Bonchev–Trinajstić information content (AvgIpc) is 2.96. The summed E-state index contributed by atoms with van der Waals surface area (Å²) in [5.74, 6) is 0.858. The molecule has 0 spiro atoms. The number of aryl methyl sites for hydroxylation is 1. The first-order chi connectivity index (χ1) is 19.6. The first-order valence-corrected chi connectivity index (χ1v) is 13.7. The van der Waals surface area contributed by atoms with Crippen LogP contribution in [0.15, 0.2) is 48.5 Å². The Balaban J connectivity index is 1.06. The fourth-order valence-electron chi connectivity index (χ4n) is 5.58. The molecule has 9 nitrogen and oxygen atoms in total. The number of aromatic nitrogens is 1. The number of amides is 1. The Kier molecular flexibility index (Phi) is 8.30. The van der Waals surface area contributed by atoms with Gasteiger partial charge < -0.3 is 19.9 Å². The number of ether oxygens (including phenoxy) is 1. The molecule has 1 amide bonds. The summed E-state index contributed by atoms with van der Waals surface area (Å²) in [7, 11) is 0. The number of anilines is 2. The van der Waals surface area contributed by atoms with E-state index < -0.39 is 22.4 Å². The van der Waals surface area contributed by atoms with Gasteiger partial charge in [0.05, 0.1) is 16.5 Å². The van der Waals surface area contributed by atoms with Crippen LogP contribution in [-0.4, -0.2) is 65.6 Å². The Morgan fingerprint density at radius 1 is 1.07 bits per heavy atom. The summed E-state index contributed by atoms with van der Waals surface area (Å²) in [6.07, 6.45) is -2.32. The molecule has 0 unspecified atom stereocenters. The fourth-order valence-corrected chi connectivity index (χ4v) is 5.58. The lowest BCUT2D eigenvalue weighted by Gasteiger charge is -2.36. The SMILES string of the molecule is Cc1cc(N2CCN(C(=O)CO[C@H]3CC[C@H](Nc4ccc([N+](=O)[O-])c(C(F)(F)F)c4)CC3)CC2)nc2ccccc12. The second-order valence-corrected chi connectivity index (χ2v) is 10.6. The van der Waals surface area contributed by atoms with E-state index in [1.807, 2.05) is 23.1 Å². The number of nitro groups is 1. The number of rotatable bonds is 7. The van der Waals surface area contributed by atoms with Crippen LogP contribution in [0, 0.1) is 17.0 Å². The quantitative estimate of drug-likeness (QED) is 0.293. The molecule has 41 heavy (non-hydrogen) atoms. The monoisotopic (exact) mass is 571 g/mol. The van der Waals surface area contributed by atoms with Crippen molar-refractivity contribution in [2.24, 2.45) is 0 Å². The molecule has 0 radical (unpaired) electrons. The minimum Gasteiger partial charge on any atom is -0.382 e. The number of hydrogen-bond donors (Lipinski definition) is 1. The zero-order valence-corrected chi connectivity index (χ0v) is 22.7. The van der Waals surface area contributed by atoms with Crippen molar-refractivity contribution in [1.29, 1.82) is 0 Å². The molecule has 2 fully saturated rings. The zero-order valence-electron chi connectivity index (χ0n) is 22.7. The van der Waals surface area contributed by atoms with Crippen molar-refractivity contribution in [3.05, 3.63) is 69.8 Å². The molecule has 218 valence electrons. The number of hydrogen-bond acceptors (Lipinski definition) is 7. The minimum absolute atomic E-state index is 0.00656. The molecule has 3 aromatic rings. The lowest BCUT2D eigenvalue weighted by Crippen LogP contribution is -2.50. The van der Waals surface area contributed by atoms with Gasteiger partial charge in [-0.15, -0.1) is 0 Å². The van der Waals surface area contributed by atoms with Crippen LogP contribution in [0.1, 0.15) is 36.8 Å². The minimum atomic E-state index is -4.82. The molecule has 0 bridgehead atoms. The maximum Gasteiger partial charge on any atom is 0.423 e. The molecule has 5 rings (SSSR count). The molecule has 1 N–H and O–H groups in total. The van der Waals surface area contributed by atoms with Gasteiger partial charge in [0.25, 0.3) is 5.69 Å². The summed E-state index contributed by atoms with van der Waals surface area (Å²) in [4.78, 5) is 31.6. The van der Waals surface area contributed by atoms with Crippen molar-refractivity contribution in [3.63, 3.8) is 0 Å². The van der Waals surface area contributed by atoms with E-state index in [-0.39, 0.29) is 30.3 Å². The van der Waals surface area contributed by atoms with Crippen molar-refractivity contribution >= 4 is 34.0 Å². The van der Waals surface area contributed by atoms with Crippen LogP contribution in [0.25, 0.3) is 10.9 Å². The number of nitro benzene ring substituents is 1. The maximum absolute atomic E-state index is 13.3. The van der Waals surface area contributed by atoms with Crippen molar-refractivity contribution < 1.29 is 27.6 Å². The fraction of sp³-hybridized carbons (Fsp3) is 0.448. The molecule has 0 atom stereocenters. The van der Waals surface area contributed by atoms with Crippen LogP contribution in [0.2, 0.25) is 0 Å². The topological polar surface area (TPSA) is 101 Å². The molecule has 1 saturated heterocycles. The van der Waals surface area contributed by atoms with Crippen molar-refractivity contribution in [2.75, 3.05) is 43.0 Å². The van der Waals surface area contributed by atoms with Crippen molar-refractivity contribution in [2.45, 2.75) is 50.9 Å². The molecule has 1 aromatic heterocycles. The van der Waals surface area contributed by atoms with E-state index in [0.717, 1.165) is 28.9 Å². The smallest absolute Gasteiger partial charge is 0.382 e. The number of piperazine rings is 1. The van der Waals surface area contributed by atoms with Crippen molar-refractivity contribution in [1.82, 2.24) is 9.88 Å². The number of para-hydroxylation sites is 1. The van der Waals surface area contributed by atoms with E-state index in [9.17, 15) is 28.1 Å². The van der Waals surface area contributed by atoms with E-state index in [1.54, 1.807) is 0 Å². The van der Waals surface area contributed by atoms with Crippen molar-refractivity contribution in [3.8, 4) is 0 Å². The number of carbonyl (C=O) groups is 1. The maximum atomic E-state index is 13.3. The Bertz CT molecular complexity index is 1420. The Hall–Kier alpha value is -3.93. The highest BCUT2D eigenvalue weighted by Crippen LogP contribution is 2.38. The number of nitrogens with zero attached hydrogens (tertiary/aromatic N) is 4. The van der Waals surface area contributed by atoms with Gasteiger partial charge in [0, 0.05) is 49.4 Å². The molecule has 2 aliphatic rings. The second-order valence-electron chi connectivity index (χ2n) is 10.6. The summed E-state index contributed by atoms with van der Waals surface area (Å²) in [6, 6.07) is 13.0. The number of nitrogens with one attached hydrogen (secondary N) is 1. The molecule has 2 heterocycles. The summed E-state index contributed by atoms with van der Waals surface area (Å²) in [6.45, 7) is 4.61. The summed E-state index contributed by atoms with van der Waals surface area (Å²) >= 11 is 0. The number of fused-ring (bicyclic) bond motifs is 1. The van der Waals surface area contributed by atoms with E-state index in [1.165, 1.54) is 11.6 Å². The van der Waals surface area contributed by atoms with Gasteiger partial charge >= 0.3 is 6.18 Å². The molecule has 1 saturated carbocycles. The van der Waals surface area contributed by atoms with E-state index in [0.29, 0.717) is 51.9 Å². The van der Waals surface area contributed by atoms with Gasteiger partial charge in [-0.1, -0.05) is 18.2 Å². The molecule has 1 aliphatic carbocycles. The largest absolute Gasteiger partial charge is 0.423 e. The molecular formula is C29H32F3N5O4. The Labute approximate surface area is 235 Å². The van der Waals surface area contributed by atoms with E-state index >= 15 is 0 Å². The number of pyridine rings is 1. The van der Waals surface area contributed by atoms with Crippen LogP contribution in [0.4, 0.5) is 30.4 Å². The third kappa shape index (κ3) is 6.70. The van der Waals surface area contributed by atoms with Gasteiger partial charge in [-0.3, -0.25) is 14.9 Å².